The van der Waals surface area contributed by atoms with Crippen molar-refractivity contribution in [3.05, 3.63) is 28.2 Å². The number of benzene rings is 1. The number of rotatable bonds is 4. The maximum Gasteiger partial charge on any atom is 0.123 e. The van der Waals surface area contributed by atoms with E-state index in [1.165, 1.54) is 5.56 Å². The number of halogens is 1. The standard InChI is InChI=1S/C14H21BrN2O/c1-17(2)14(9-6-11(16)7-9)12-8-10(15)4-5-13(12)18-3/h4-5,8-9,11,14H,6-7,16H2,1-3H3. The van der Waals surface area contributed by atoms with Crippen LogP contribution >= 0.6 is 15.9 Å². The Morgan fingerprint density at radius 1 is 1.39 bits per heavy atom. The van der Waals surface area contributed by atoms with Crippen LogP contribution in [0.25, 0.3) is 0 Å². The summed E-state index contributed by atoms with van der Waals surface area (Å²) in [4.78, 5) is 2.26. The third-order valence-corrected chi connectivity index (χ3v) is 4.22. The molecule has 0 amide bonds. The Morgan fingerprint density at radius 3 is 2.56 bits per heavy atom. The molecule has 2 rings (SSSR count). The van der Waals surface area contributed by atoms with E-state index in [9.17, 15) is 0 Å². The minimum Gasteiger partial charge on any atom is -0.496 e. The topological polar surface area (TPSA) is 38.5 Å². The zero-order valence-electron chi connectivity index (χ0n) is 11.2. The Kier molecular flexibility index (Phi) is 4.30. The van der Waals surface area contributed by atoms with Crippen LogP contribution in [0.4, 0.5) is 0 Å². The quantitative estimate of drug-likeness (QED) is 0.929. The normalized spacial score (nSPS) is 24.8. The summed E-state index contributed by atoms with van der Waals surface area (Å²) in [5.74, 6) is 1.58. The lowest BCUT2D eigenvalue weighted by molar-refractivity contribution is 0.121. The number of methoxy groups -OCH3 is 1. The van der Waals surface area contributed by atoms with Crippen molar-refractivity contribution in [3.8, 4) is 5.75 Å². The van der Waals surface area contributed by atoms with E-state index in [0.29, 0.717) is 18.0 Å². The van der Waals surface area contributed by atoms with Gasteiger partial charge in [0.15, 0.2) is 0 Å². The molecule has 0 radical (unpaired) electrons. The first-order valence-corrected chi connectivity index (χ1v) is 7.07. The highest BCUT2D eigenvalue weighted by atomic mass is 79.9. The van der Waals surface area contributed by atoms with Crippen molar-refractivity contribution in [2.75, 3.05) is 21.2 Å². The number of hydrogen-bond donors (Lipinski definition) is 1. The summed E-state index contributed by atoms with van der Waals surface area (Å²) in [5, 5.41) is 0. The molecule has 1 aliphatic rings. The van der Waals surface area contributed by atoms with Crippen molar-refractivity contribution in [2.45, 2.75) is 24.9 Å². The first kappa shape index (κ1) is 13.8. The van der Waals surface area contributed by atoms with Gasteiger partial charge in [-0.3, -0.25) is 0 Å². The molecule has 0 aliphatic heterocycles. The zero-order chi connectivity index (χ0) is 13.3. The molecule has 1 fully saturated rings. The van der Waals surface area contributed by atoms with E-state index in [4.69, 9.17) is 10.5 Å². The van der Waals surface area contributed by atoms with Crippen LogP contribution in [0.15, 0.2) is 22.7 Å². The van der Waals surface area contributed by atoms with E-state index in [-0.39, 0.29) is 0 Å². The Hall–Kier alpha value is -0.580. The van der Waals surface area contributed by atoms with Crippen LogP contribution in [-0.2, 0) is 0 Å². The minimum atomic E-state index is 0.371. The summed E-state index contributed by atoms with van der Waals surface area (Å²) < 4.78 is 6.59. The van der Waals surface area contributed by atoms with E-state index in [0.717, 1.165) is 23.1 Å². The van der Waals surface area contributed by atoms with Gasteiger partial charge in [-0.1, -0.05) is 15.9 Å². The Bertz CT molecular complexity index is 416. The van der Waals surface area contributed by atoms with E-state index in [1.54, 1.807) is 7.11 Å². The van der Waals surface area contributed by atoms with Crippen molar-refractivity contribution in [1.29, 1.82) is 0 Å². The lowest BCUT2D eigenvalue weighted by atomic mass is 9.73. The predicted molar refractivity (Wildman–Crippen MR) is 77.8 cm³/mol. The summed E-state index contributed by atoms with van der Waals surface area (Å²) >= 11 is 3.55. The van der Waals surface area contributed by atoms with E-state index >= 15 is 0 Å². The fourth-order valence-electron chi connectivity index (χ4n) is 2.86. The smallest absolute Gasteiger partial charge is 0.123 e. The molecule has 0 spiro atoms. The number of hydrogen-bond acceptors (Lipinski definition) is 3. The SMILES string of the molecule is COc1ccc(Br)cc1C(C1CC(N)C1)N(C)C. The molecule has 0 heterocycles. The molecular formula is C14H21BrN2O. The maximum absolute atomic E-state index is 5.93. The van der Waals surface area contributed by atoms with Crippen LogP contribution in [0.2, 0.25) is 0 Å². The van der Waals surface area contributed by atoms with E-state index in [2.05, 4.69) is 41.0 Å². The average Bonchev–Trinajstić information content (AvgIpc) is 2.27. The first-order valence-electron chi connectivity index (χ1n) is 6.28. The van der Waals surface area contributed by atoms with E-state index < -0.39 is 0 Å². The van der Waals surface area contributed by atoms with Gasteiger partial charge in [0.25, 0.3) is 0 Å². The molecule has 3 nitrogen and oxygen atoms in total. The summed E-state index contributed by atoms with van der Waals surface area (Å²) in [5.41, 5.74) is 7.17. The summed E-state index contributed by atoms with van der Waals surface area (Å²) in [6, 6.07) is 6.94. The Morgan fingerprint density at radius 2 is 2.06 bits per heavy atom. The Balaban J connectivity index is 2.33. The second-order valence-electron chi connectivity index (χ2n) is 5.29. The molecule has 1 aromatic carbocycles. The van der Waals surface area contributed by atoms with Gasteiger partial charge in [-0.25, -0.2) is 0 Å². The maximum atomic E-state index is 5.93. The molecule has 2 N–H and O–H groups in total. The van der Waals surface area contributed by atoms with Gasteiger partial charge in [0.05, 0.1) is 7.11 Å². The van der Waals surface area contributed by atoms with Crippen molar-refractivity contribution >= 4 is 15.9 Å². The largest absolute Gasteiger partial charge is 0.496 e. The zero-order valence-corrected chi connectivity index (χ0v) is 12.8. The molecule has 1 aromatic rings. The van der Waals surface area contributed by atoms with Crippen LogP contribution in [-0.4, -0.2) is 32.1 Å². The van der Waals surface area contributed by atoms with Crippen molar-refractivity contribution in [2.24, 2.45) is 11.7 Å². The third kappa shape index (κ3) is 2.71. The summed E-state index contributed by atoms with van der Waals surface area (Å²) in [6.07, 6.45) is 2.19. The van der Waals surface area contributed by atoms with Crippen molar-refractivity contribution in [3.63, 3.8) is 0 Å². The van der Waals surface area contributed by atoms with Gasteiger partial charge in [-0.15, -0.1) is 0 Å². The van der Waals surface area contributed by atoms with Gasteiger partial charge in [-0.2, -0.15) is 0 Å². The fraction of sp³-hybridized carbons (Fsp3) is 0.571. The van der Waals surface area contributed by atoms with Gasteiger partial charge in [0.2, 0.25) is 0 Å². The van der Waals surface area contributed by atoms with Gasteiger partial charge < -0.3 is 15.4 Å². The van der Waals surface area contributed by atoms with Crippen LogP contribution in [0.3, 0.4) is 0 Å². The first-order chi connectivity index (χ1) is 8.52. The molecule has 1 aliphatic carbocycles. The molecule has 1 saturated carbocycles. The minimum absolute atomic E-state index is 0.371. The summed E-state index contributed by atoms with van der Waals surface area (Å²) in [6.45, 7) is 0. The van der Waals surface area contributed by atoms with Crippen LogP contribution in [0.1, 0.15) is 24.4 Å². The summed E-state index contributed by atoms with van der Waals surface area (Å²) in [7, 11) is 5.97. The highest BCUT2D eigenvalue weighted by Crippen LogP contribution is 2.43. The third-order valence-electron chi connectivity index (χ3n) is 3.72. The Labute approximate surface area is 117 Å². The number of nitrogens with two attached hydrogens (primary N) is 1. The van der Waals surface area contributed by atoms with E-state index in [1.807, 2.05) is 12.1 Å². The number of ether oxygens (including phenoxy) is 1. The highest BCUT2D eigenvalue weighted by Gasteiger charge is 2.36. The van der Waals surface area contributed by atoms with Crippen LogP contribution in [0, 0.1) is 5.92 Å². The molecular weight excluding hydrogens is 292 g/mol. The lowest BCUT2D eigenvalue weighted by Crippen LogP contribution is -2.43. The van der Waals surface area contributed by atoms with Gasteiger partial charge in [0.1, 0.15) is 5.75 Å². The average molecular weight is 313 g/mol. The molecule has 1 unspecified atom stereocenters. The van der Waals surface area contributed by atoms with Gasteiger partial charge in [-0.05, 0) is 51.1 Å². The van der Waals surface area contributed by atoms with Gasteiger partial charge in [0, 0.05) is 22.1 Å². The molecule has 0 bridgehead atoms. The van der Waals surface area contributed by atoms with Crippen molar-refractivity contribution in [1.82, 2.24) is 4.90 Å². The molecule has 1 atom stereocenters. The predicted octanol–water partition coefficient (Wildman–Crippen LogP) is 2.80. The fourth-order valence-corrected chi connectivity index (χ4v) is 3.24. The van der Waals surface area contributed by atoms with Crippen molar-refractivity contribution < 1.29 is 4.74 Å². The van der Waals surface area contributed by atoms with Crippen LogP contribution in [0.5, 0.6) is 5.75 Å². The second kappa shape index (κ2) is 5.59. The monoisotopic (exact) mass is 312 g/mol. The highest BCUT2D eigenvalue weighted by molar-refractivity contribution is 9.10. The molecule has 100 valence electrons. The molecule has 0 saturated heterocycles. The molecule has 4 heteroatoms. The van der Waals surface area contributed by atoms with Crippen LogP contribution < -0.4 is 10.5 Å². The second-order valence-corrected chi connectivity index (χ2v) is 6.20. The lowest BCUT2D eigenvalue weighted by Gasteiger charge is -2.42. The molecule has 18 heavy (non-hydrogen) atoms. The number of nitrogens with zero attached hydrogens (tertiary/aromatic N) is 1. The van der Waals surface area contributed by atoms with Gasteiger partial charge >= 0.3 is 0 Å². The molecule has 0 aromatic heterocycles.